The maximum Gasteiger partial charge on any atom is 0.161 e. The number of benzene rings is 1. The first-order valence-corrected chi connectivity index (χ1v) is 7.88. The number of rotatable bonds is 10. The fraction of sp³-hybridized carbons (Fsp3) is 0.600. The van der Waals surface area contributed by atoms with Crippen LogP contribution in [0.3, 0.4) is 0 Å². The smallest absolute Gasteiger partial charge is 0.161 e. The first-order valence-electron chi connectivity index (χ1n) is 6.97. The van der Waals surface area contributed by atoms with Crippen molar-refractivity contribution in [2.45, 2.75) is 31.5 Å². The summed E-state index contributed by atoms with van der Waals surface area (Å²) >= 11 is 3.62. The average Bonchev–Trinajstić information content (AvgIpc) is 2.44. The molecule has 1 unspecified atom stereocenters. The van der Waals surface area contributed by atoms with Crippen molar-refractivity contribution in [3.05, 3.63) is 24.3 Å². The van der Waals surface area contributed by atoms with E-state index in [2.05, 4.69) is 28.2 Å². The Hall–Kier alpha value is -0.740. The van der Waals surface area contributed by atoms with Crippen molar-refractivity contribution in [3.8, 4) is 11.5 Å². The van der Waals surface area contributed by atoms with Crippen LogP contribution in [0.25, 0.3) is 0 Å². The zero-order chi connectivity index (χ0) is 13.9. The monoisotopic (exact) mass is 329 g/mol. The fourth-order valence-corrected chi connectivity index (χ4v) is 1.89. The SMILES string of the molecule is CCOc1ccccc1OCCNCCC(Br)CC. The number of ether oxygens (including phenoxy) is 2. The Balaban J connectivity index is 2.18. The molecule has 0 heterocycles. The second-order valence-corrected chi connectivity index (χ2v) is 5.57. The molecule has 0 saturated heterocycles. The lowest BCUT2D eigenvalue weighted by molar-refractivity contribution is 0.276. The van der Waals surface area contributed by atoms with Gasteiger partial charge in [0.2, 0.25) is 0 Å². The van der Waals surface area contributed by atoms with Gasteiger partial charge >= 0.3 is 0 Å². The molecule has 0 aliphatic rings. The molecule has 0 aliphatic heterocycles. The summed E-state index contributed by atoms with van der Waals surface area (Å²) in [6, 6.07) is 7.79. The van der Waals surface area contributed by atoms with E-state index in [4.69, 9.17) is 9.47 Å². The maximum atomic E-state index is 5.72. The van der Waals surface area contributed by atoms with E-state index in [0.29, 0.717) is 18.0 Å². The summed E-state index contributed by atoms with van der Waals surface area (Å²) in [5.41, 5.74) is 0. The Bertz CT molecular complexity index is 347. The Morgan fingerprint density at radius 2 is 1.79 bits per heavy atom. The van der Waals surface area contributed by atoms with E-state index in [-0.39, 0.29) is 0 Å². The first-order chi connectivity index (χ1) is 9.27. The highest BCUT2D eigenvalue weighted by Crippen LogP contribution is 2.25. The molecule has 1 N–H and O–H groups in total. The number of para-hydroxylation sites is 2. The molecule has 0 aliphatic carbocycles. The summed E-state index contributed by atoms with van der Waals surface area (Å²) in [5, 5.41) is 3.38. The summed E-state index contributed by atoms with van der Waals surface area (Å²) in [7, 11) is 0. The molecule has 4 heteroatoms. The van der Waals surface area contributed by atoms with Gasteiger partial charge in [-0.1, -0.05) is 35.0 Å². The number of hydrogen-bond donors (Lipinski definition) is 1. The lowest BCUT2D eigenvalue weighted by Gasteiger charge is -2.12. The van der Waals surface area contributed by atoms with E-state index < -0.39 is 0 Å². The molecular formula is C15H24BrNO2. The Morgan fingerprint density at radius 1 is 1.11 bits per heavy atom. The van der Waals surface area contributed by atoms with E-state index in [1.807, 2.05) is 31.2 Å². The van der Waals surface area contributed by atoms with Crippen molar-refractivity contribution in [2.75, 3.05) is 26.3 Å². The average molecular weight is 330 g/mol. The van der Waals surface area contributed by atoms with Crippen LogP contribution in [0.2, 0.25) is 0 Å². The van der Waals surface area contributed by atoms with Crippen molar-refractivity contribution in [1.29, 1.82) is 0 Å². The molecule has 0 spiro atoms. The third kappa shape index (κ3) is 6.83. The minimum Gasteiger partial charge on any atom is -0.490 e. The molecule has 0 fully saturated rings. The zero-order valence-electron chi connectivity index (χ0n) is 11.8. The zero-order valence-corrected chi connectivity index (χ0v) is 13.4. The van der Waals surface area contributed by atoms with E-state index in [1.54, 1.807) is 0 Å². The highest BCUT2D eigenvalue weighted by molar-refractivity contribution is 9.09. The van der Waals surface area contributed by atoms with Crippen LogP contribution in [0.5, 0.6) is 11.5 Å². The molecule has 1 aromatic carbocycles. The van der Waals surface area contributed by atoms with Gasteiger partial charge < -0.3 is 14.8 Å². The van der Waals surface area contributed by atoms with Gasteiger partial charge in [0.15, 0.2) is 11.5 Å². The normalized spacial score (nSPS) is 12.2. The molecule has 0 aromatic heterocycles. The van der Waals surface area contributed by atoms with Crippen LogP contribution >= 0.6 is 15.9 Å². The molecule has 1 atom stereocenters. The molecule has 0 amide bonds. The molecule has 1 rings (SSSR count). The van der Waals surface area contributed by atoms with Gasteiger partial charge in [-0.05, 0) is 38.4 Å². The predicted octanol–water partition coefficient (Wildman–Crippen LogP) is 3.62. The minimum atomic E-state index is 0.611. The van der Waals surface area contributed by atoms with Crippen molar-refractivity contribution in [1.82, 2.24) is 5.32 Å². The standard InChI is InChI=1S/C15H24BrNO2/c1-3-13(16)9-10-17-11-12-19-15-8-6-5-7-14(15)18-4-2/h5-8,13,17H,3-4,9-12H2,1-2H3. The van der Waals surface area contributed by atoms with E-state index in [9.17, 15) is 0 Å². The molecule has 108 valence electrons. The maximum absolute atomic E-state index is 5.72. The van der Waals surface area contributed by atoms with Crippen LogP contribution in [-0.4, -0.2) is 31.1 Å². The summed E-state index contributed by atoms with van der Waals surface area (Å²) in [5.74, 6) is 1.63. The largest absolute Gasteiger partial charge is 0.490 e. The Morgan fingerprint density at radius 3 is 2.42 bits per heavy atom. The van der Waals surface area contributed by atoms with Crippen molar-refractivity contribution in [3.63, 3.8) is 0 Å². The second kappa shape index (κ2) is 10.1. The van der Waals surface area contributed by atoms with Crippen LogP contribution in [0.4, 0.5) is 0 Å². The molecule has 19 heavy (non-hydrogen) atoms. The topological polar surface area (TPSA) is 30.5 Å². The van der Waals surface area contributed by atoms with Gasteiger partial charge in [-0.3, -0.25) is 0 Å². The van der Waals surface area contributed by atoms with Crippen LogP contribution in [-0.2, 0) is 0 Å². The van der Waals surface area contributed by atoms with Crippen LogP contribution in [0.1, 0.15) is 26.7 Å². The minimum absolute atomic E-state index is 0.611. The summed E-state index contributed by atoms with van der Waals surface area (Å²) < 4.78 is 11.2. The van der Waals surface area contributed by atoms with Gasteiger partial charge in [-0.15, -0.1) is 0 Å². The van der Waals surface area contributed by atoms with E-state index in [1.165, 1.54) is 6.42 Å². The van der Waals surface area contributed by atoms with Gasteiger partial charge in [-0.2, -0.15) is 0 Å². The summed E-state index contributed by atoms with van der Waals surface area (Å²) in [6.07, 6.45) is 2.31. The Labute approximate surface area is 124 Å². The van der Waals surface area contributed by atoms with Crippen molar-refractivity contribution in [2.24, 2.45) is 0 Å². The van der Waals surface area contributed by atoms with Crippen molar-refractivity contribution >= 4 is 15.9 Å². The summed E-state index contributed by atoms with van der Waals surface area (Å²) in [4.78, 5) is 0.611. The van der Waals surface area contributed by atoms with Gasteiger partial charge in [0, 0.05) is 11.4 Å². The fourth-order valence-electron chi connectivity index (χ4n) is 1.67. The lowest BCUT2D eigenvalue weighted by Crippen LogP contribution is -2.23. The summed E-state index contributed by atoms with van der Waals surface area (Å²) in [6.45, 7) is 7.34. The molecule has 0 bridgehead atoms. The molecular weight excluding hydrogens is 306 g/mol. The van der Waals surface area contributed by atoms with Crippen LogP contribution in [0.15, 0.2) is 24.3 Å². The van der Waals surface area contributed by atoms with Crippen LogP contribution in [0, 0.1) is 0 Å². The Kier molecular flexibility index (Phi) is 8.67. The highest BCUT2D eigenvalue weighted by Gasteiger charge is 2.03. The lowest BCUT2D eigenvalue weighted by atomic mass is 10.2. The number of alkyl halides is 1. The molecule has 0 saturated carbocycles. The molecule has 1 aromatic rings. The van der Waals surface area contributed by atoms with E-state index >= 15 is 0 Å². The second-order valence-electron chi connectivity index (χ2n) is 4.27. The quantitative estimate of drug-likeness (QED) is 0.525. The first kappa shape index (κ1) is 16.3. The third-order valence-electron chi connectivity index (χ3n) is 2.76. The number of nitrogens with one attached hydrogen (secondary N) is 1. The highest BCUT2D eigenvalue weighted by atomic mass is 79.9. The van der Waals surface area contributed by atoms with Gasteiger partial charge in [0.25, 0.3) is 0 Å². The molecule has 3 nitrogen and oxygen atoms in total. The molecule has 0 radical (unpaired) electrons. The predicted molar refractivity (Wildman–Crippen MR) is 83.6 cm³/mol. The van der Waals surface area contributed by atoms with Gasteiger partial charge in [0.1, 0.15) is 6.61 Å². The number of hydrogen-bond acceptors (Lipinski definition) is 3. The van der Waals surface area contributed by atoms with Gasteiger partial charge in [0.05, 0.1) is 6.61 Å². The third-order valence-corrected chi connectivity index (χ3v) is 3.87. The number of halogens is 1. The van der Waals surface area contributed by atoms with E-state index in [0.717, 1.165) is 31.0 Å². The van der Waals surface area contributed by atoms with Crippen LogP contribution < -0.4 is 14.8 Å². The van der Waals surface area contributed by atoms with Gasteiger partial charge in [-0.25, -0.2) is 0 Å². The van der Waals surface area contributed by atoms with Crippen molar-refractivity contribution < 1.29 is 9.47 Å².